The molecule has 2 N–H and O–H groups in total. The van der Waals surface area contributed by atoms with E-state index in [1.165, 1.54) is 0 Å². The van der Waals surface area contributed by atoms with Crippen molar-refractivity contribution in [3.8, 4) is 0 Å². The number of ether oxygens (including phenoxy) is 1. The minimum atomic E-state index is -0.0972. The Labute approximate surface area is 70.4 Å². The van der Waals surface area contributed by atoms with Gasteiger partial charge in [-0.1, -0.05) is 0 Å². The number of hydrogen-bond acceptors (Lipinski definition) is 4. The zero-order valence-electron chi connectivity index (χ0n) is 6.69. The van der Waals surface area contributed by atoms with E-state index in [0.717, 1.165) is 0 Å². The van der Waals surface area contributed by atoms with Crippen molar-refractivity contribution in [1.82, 2.24) is 0 Å². The molecule has 0 unspecified atom stereocenters. The summed E-state index contributed by atoms with van der Waals surface area (Å²) in [4.78, 5) is 0. The summed E-state index contributed by atoms with van der Waals surface area (Å²) in [5.41, 5.74) is 0. The fourth-order valence-corrected chi connectivity index (χ4v) is 0.822. The van der Waals surface area contributed by atoms with Crippen LogP contribution in [-0.4, -0.2) is 23.4 Å². The molecule has 4 heteroatoms. The van der Waals surface area contributed by atoms with E-state index in [1.807, 2.05) is 0 Å². The molecule has 0 aliphatic rings. The van der Waals surface area contributed by atoms with Crippen molar-refractivity contribution >= 4 is 0 Å². The molecule has 1 aromatic heterocycles. The predicted octanol–water partition coefficient (Wildman–Crippen LogP) is 0.281. The van der Waals surface area contributed by atoms with Gasteiger partial charge in [0, 0.05) is 0 Å². The van der Waals surface area contributed by atoms with E-state index in [-0.39, 0.29) is 13.2 Å². The predicted molar refractivity (Wildman–Crippen MR) is 41.4 cm³/mol. The largest absolute Gasteiger partial charge is 0.461 e. The van der Waals surface area contributed by atoms with E-state index in [9.17, 15) is 0 Å². The van der Waals surface area contributed by atoms with Crippen LogP contribution >= 0.6 is 0 Å². The molecule has 1 aromatic rings. The minimum absolute atomic E-state index is 0.00751. The first-order chi connectivity index (χ1) is 5.86. The lowest BCUT2D eigenvalue weighted by molar-refractivity contribution is 0.0699. The molecule has 0 atom stereocenters. The van der Waals surface area contributed by atoms with Crippen LogP contribution in [0.25, 0.3) is 0 Å². The summed E-state index contributed by atoms with van der Waals surface area (Å²) in [5.74, 6) is 1.19. The van der Waals surface area contributed by atoms with Crippen LogP contribution in [0.1, 0.15) is 11.5 Å². The van der Waals surface area contributed by atoms with Crippen LogP contribution in [0, 0.1) is 0 Å². The molecular weight excluding hydrogens is 160 g/mol. The van der Waals surface area contributed by atoms with Gasteiger partial charge < -0.3 is 19.4 Å². The van der Waals surface area contributed by atoms with Gasteiger partial charge in [0.25, 0.3) is 0 Å². The molecule has 0 amide bonds. The van der Waals surface area contributed by atoms with Gasteiger partial charge in [0.2, 0.25) is 0 Å². The first-order valence-corrected chi connectivity index (χ1v) is 3.74. The summed E-state index contributed by atoms with van der Waals surface area (Å²) < 4.78 is 10.1. The molecule has 0 saturated carbocycles. The molecule has 12 heavy (non-hydrogen) atoms. The van der Waals surface area contributed by atoms with E-state index in [2.05, 4.69) is 0 Å². The van der Waals surface area contributed by atoms with Gasteiger partial charge in [-0.25, -0.2) is 0 Å². The molecule has 0 radical (unpaired) electrons. The van der Waals surface area contributed by atoms with Crippen LogP contribution in [0.4, 0.5) is 0 Å². The Bertz CT molecular complexity index is 219. The fraction of sp³-hybridized carbons (Fsp3) is 0.500. The van der Waals surface area contributed by atoms with Gasteiger partial charge in [-0.3, -0.25) is 0 Å². The molecule has 0 fully saturated rings. The molecule has 68 valence electrons. The molecule has 0 aromatic carbocycles. The third kappa shape index (κ3) is 2.65. The maximum Gasteiger partial charge on any atom is 0.129 e. The second kappa shape index (κ2) is 4.92. The molecule has 0 aliphatic heterocycles. The third-order valence-corrected chi connectivity index (χ3v) is 1.35. The summed E-state index contributed by atoms with van der Waals surface area (Å²) in [5, 5.41) is 17.0. The molecule has 0 saturated heterocycles. The summed E-state index contributed by atoms with van der Waals surface area (Å²) in [6.45, 7) is 0.545. The van der Waals surface area contributed by atoms with Crippen molar-refractivity contribution < 1.29 is 19.4 Å². The first kappa shape index (κ1) is 9.25. The molecule has 0 aliphatic carbocycles. The Morgan fingerprint density at radius 3 is 2.58 bits per heavy atom. The van der Waals surface area contributed by atoms with Gasteiger partial charge in [0.15, 0.2) is 0 Å². The maximum absolute atomic E-state index is 8.65. The molecule has 4 nitrogen and oxygen atoms in total. The Hall–Kier alpha value is -0.840. The van der Waals surface area contributed by atoms with Crippen molar-refractivity contribution in [2.24, 2.45) is 0 Å². The number of aliphatic hydroxyl groups is 2. The van der Waals surface area contributed by atoms with E-state index in [4.69, 9.17) is 19.4 Å². The highest BCUT2D eigenvalue weighted by Gasteiger charge is 1.99. The van der Waals surface area contributed by atoms with Crippen LogP contribution in [0.5, 0.6) is 0 Å². The number of furan rings is 1. The normalized spacial score (nSPS) is 10.5. The smallest absolute Gasteiger partial charge is 0.129 e. The Morgan fingerprint density at radius 1 is 1.25 bits per heavy atom. The van der Waals surface area contributed by atoms with Gasteiger partial charge in [0.1, 0.15) is 24.7 Å². The zero-order chi connectivity index (χ0) is 8.81. The standard InChI is InChI=1S/C8H12O4/c9-3-4-11-6-8-2-1-7(5-10)12-8/h1-2,9-10H,3-6H2. The Morgan fingerprint density at radius 2 is 2.00 bits per heavy atom. The second-order valence-corrected chi connectivity index (χ2v) is 2.30. The van der Waals surface area contributed by atoms with Crippen molar-refractivity contribution in [1.29, 1.82) is 0 Å². The van der Waals surface area contributed by atoms with Crippen molar-refractivity contribution in [2.45, 2.75) is 13.2 Å². The molecular formula is C8H12O4. The third-order valence-electron chi connectivity index (χ3n) is 1.35. The van der Waals surface area contributed by atoms with Crippen molar-refractivity contribution in [2.75, 3.05) is 13.2 Å². The number of aliphatic hydroxyl groups excluding tert-OH is 2. The second-order valence-electron chi connectivity index (χ2n) is 2.30. The van der Waals surface area contributed by atoms with Crippen molar-refractivity contribution in [3.05, 3.63) is 23.7 Å². The monoisotopic (exact) mass is 172 g/mol. The van der Waals surface area contributed by atoms with E-state index < -0.39 is 0 Å². The Balaban J connectivity index is 2.31. The van der Waals surface area contributed by atoms with Gasteiger partial charge in [-0.15, -0.1) is 0 Å². The molecule has 1 heterocycles. The van der Waals surface area contributed by atoms with Crippen LogP contribution in [0.2, 0.25) is 0 Å². The van der Waals surface area contributed by atoms with Gasteiger partial charge in [-0.2, -0.15) is 0 Å². The van der Waals surface area contributed by atoms with E-state index in [1.54, 1.807) is 12.1 Å². The molecule has 1 rings (SSSR count). The lowest BCUT2D eigenvalue weighted by Gasteiger charge is -1.97. The number of hydrogen-bond donors (Lipinski definition) is 2. The highest BCUT2D eigenvalue weighted by Crippen LogP contribution is 2.08. The van der Waals surface area contributed by atoms with Crippen molar-refractivity contribution in [3.63, 3.8) is 0 Å². The highest BCUT2D eigenvalue weighted by atomic mass is 16.5. The lowest BCUT2D eigenvalue weighted by atomic mass is 10.4. The zero-order valence-corrected chi connectivity index (χ0v) is 6.69. The van der Waals surface area contributed by atoms with Crippen LogP contribution in [0.15, 0.2) is 16.5 Å². The SMILES string of the molecule is OCCOCc1ccc(CO)o1. The quantitative estimate of drug-likeness (QED) is 0.626. The fourth-order valence-electron chi connectivity index (χ4n) is 0.822. The average molecular weight is 172 g/mol. The van der Waals surface area contributed by atoms with Gasteiger partial charge in [0.05, 0.1) is 13.2 Å². The van der Waals surface area contributed by atoms with E-state index in [0.29, 0.717) is 24.7 Å². The van der Waals surface area contributed by atoms with E-state index >= 15 is 0 Å². The summed E-state index contributed by atoms with van der Waals surface area (Å²) in [6, 6.07) is 3.43. The summed E-state index contributed by atoms with van der Waals surface area (Å²) >= 11 is 0. The summed E-state index contributed by atoms with van der Waals surface area (Å²) in [7, 11) is 0. The summed E-state index contributed by atoms with van der Waals surface area (Å²) in [6.07, 6.45) is 0. The highest BCUT2D eigenvalue weighted by molar-refractivity contribution is 5.05. The van der Waals surface area contributed by atoms with Gasteiger partial charge in [-0.05, 0) is 12.1 Å². The van der Waals surface area contributed by atoms with Gasteiger partial charge >= 0.3 is 0 Å². The molecule has 0 bridgehead atoms. The Kier molecular flexibility index (Phi) is 3.79. The number of rotatable bonds is 5. The topological polar surface area (TPSA) is 62.8 Å². The minimum Gasteiger partial charge on any atom is -0.461 e. The van der Waals surface area contributed by atoms with Crippen LogP contribution < -0.4 is 0 Å². The lowest BCUT2D eigenvalue weighted by Crippen LogP contribution is -1.98. The molecule has 0 spiro atoms. The van der Waals surface area contributed by atoms with Crippen LogP contribution in [-0.2, 0) is 18.0 Å². The average Bonchev–Trinajstić information content (AvgIpc) is 2.53. The first-order valence-electron chi connectivity index (χ1n) is 3.74. The maximum atomic E-state index is 8.65. The van der Waals surface area contributed by atoms with Crippen LogP contribution in [0.3, 0.4) is 0 Å².